The third-order valence-corrected chi connectivity index (χ3v) is 7.47. The lowest BCUT2D eigenvalue weighted by Crippen LogP contribution is -2.40. The van der Waals surface area contributed by atoms with E-state index in [1.54, 1.807) is 0 Å². The molecule has 2 bridgehead atoms. The second-order valence-electron chi connectivity index (χ2n) is 9.53. The molecule has 0 aliphatic heterocycles. The van der Waals surface area contributed by atoms with Gasteiger partial charge in [-0.3, -0.25) is 0 Å². The first-order chi connectivity index (χ1) is 14.6. The minimum Gasteiger partial charge on any atom is -0.366 e. The van der Waals surface area contributed by atoms with Crippen molar-refractivity contribution in [2.45, 2.75) is 52.0 Å². The van der Waals surface area contributed by atoms with E-state index in [-0.39, 0.29) is 0 Å². The summed E-state index contributed by atoms with van der Waals surface area (Å²) in [4.78, 5) is 13.5. The molecule has 3 aliphatic carbocycles. The Bertz CT molecular complexity index is 1260. The molecular weight excluding hydrogens is 370 g/mol. The highest BCUT2D eigenvalue weighted by molar-refractivity contribution is 5.98. The second kappa shape index (κ2) is 6.59. The van der Waals surface area contributed by atoms with Gasteiger partial charge in [-0.2, -0.15) is 0 Å². The van der Waals surface area contributed by atoms with Crippen LogP contribution in [0, 0.1) is 25.7 Å². The molecule has 0 saturated heterocycles. The third kappa shape index (κ3) is 2.75. The molecule has 3 fully saturated rings. The van der Waals surface area contributed by atoms with Crippen molar-refractivity contribution < 1.29 is 0 Å². The van der Waals surface area contributed by atoms with Crippen molar-refractivity contribution >= 4 is 27.8 Å². The third-order valence-electron chi connectivity index (χ3n) is 7.47. The van der Waals surface area contributed by atoms with Crippen LogP contribution in [0.15, 0.2) is 30.6 Å². The summed E-state index contributed by atoms with van der Waals surface area (Å²) < 4.78 is 2.10. The molecule has 1 aromatic carbocycles. The monoisotopic (exact) mass is 399 g/mol. The maximum atomic E-state index is 5.09. The summed E-state index contributed by atoms with van der Waals surface area (Å²) in [5, 5.41) is 6.19. The quantitative estimate of drug-likeness (QED) is 0.463. The van der Waals surface area contributed by atoms with Crippen LogP contribution in [-0.4, -0.2) is 25.6 Å². The van der Waals surface area contributed by atoms with Crippen LogP contribution in [0.1, 0.15) is 43.2 Å². The standard InChI is InChI=1S/C25H29N5/c1-14-10-15(2)22-19(11-14)20(13-26-22)24-28-23(18-8-9-30(3)25(18)29-24)27-21-12-16-4-6-17(21)7-5-16/h8-11,13,16-17,21,26H,4-7,12H2,1-3H3,(H,27,28,29). The number of fused-ring (bicyclic) bond motifs is 5. The Labute approximate surface area is 176 Å². The van der Waals surface area contributed by atoms with Crippen LogP contribution in [0.25, 0.3) is 33.3 Å². The first-order valence-corrected chi connectivity index (χ1v) is 11.2. The molecule has 4 aromatic rings. The number of nitrogens with zero attached hydrogens (tertiary/aromatic N) is 3. The molecule has 1 unspecified atom stereocenters. The Morgan fingerprint density at radius 1 is 1.07 bits per heavy atom. The fourth-order valence-corrected chi connectivity index (χ4v) is 5.88. The van der Waals surface area contributed by atoms with Crippen molar-refractivity contribution in [2.24, 2.45) is 18.9 Å². The van der Waals surface area contributed by atoms with Crippen molar-refractivity contribution in [2.75, 3.05) is 5.32 Å². The van der Waals surface area contributed by atoms with Gasteiger partial charge in [0.25, 0.3) is 0 Å². The van der Waals surface area contributed by atoms with Crippen LogP contribution < -0.4 is 5.32 Å². The van der Waals surface area contributed by atoms with Gasteiger partial charge in [0.05, 0.1) is 5.39 Å². The molecule has 154 valence electrons. The number of hydrogen-bond donors (Lipinski definition) is 2. The van der Waals surface area contributed by atoms with Gasteiger partial charge >= 0.3 is 0 Å². The minimum absolute atomic E-state index is 0.538. The minimum atomic E-state index is 0.538. The summed E-state index contributed by atoms with van der Waals surface area (Å²) >= 11 is 0. The van der Waals surface area contributed by atoms with Crippen LogP contribution in [0.3, 0.4) is 0 Å². The van der Waals surface area contributed by atoms with Crippen molar-refractivity contribution in [3.8, 4) is 11.4 Å². The van der Waals surface area contributed by atoms with Gasteiger partial charge in [-0.1, -0.05) is 24.5 Å². The van der Waals surface area contributed by atoms with E-state index in [2.05, 4.69) is 66.4 Å². The lowest BCUT2D eigenvalue weighted by atomic mass is 9.68. The number of aryl methyl sites for hydroxylation is 3. The van der Waals surface area contributed by atoms with Gasteiger partial charge in [0.1, 0.15) is 11.5 Å². The molecule has 0 spiro atoms. The molecule has 3 saturated carbocycles. The molecule has 5 heteroatoms. The molecule has 3 heterocycles. The van der Waals surface area contributed by atoms with Gasteiger partial charge in [0.15, 0.2) is 5.82 Å². The van der Waals surface area contributed by atoms with E-state index in [4.69, 9.17) is 9.97 Å². The van der Waals surface area contributed by atoms with E-state index in [9.17, 15) is 0 Å². The van der Waals surface area contributed by atoms with Gasteiger partial charge < -0.3 is 14.9 Å². The van der Waals surface area contributed by atoms with Gasteiger partial charge in [-0.15, -0.1) is 0 Å². The average molecular weight is 400 g/mol. The Kier molecular flexibility index (Phi) is 3.95. The number of aromatic amines is 1. The molecule has 0 radical (unpaired) electrons. The summed E-state index contributed by atoms with van der Waals surface area (Å²) in [6, 6.07) is 7.14. The number of benzene rings is 1. The van der Waals surface area contributed by atoms with Crippen molar-refractivity contribution in [1.82, 2.24) is 19.5 Å². The zero-order chi connectivity index (χ0) is 20.4. The number of nitrogens with one attached hydrogen (secondary N) is 2. The van der Waals surface area contributed by atoms with Gasteiger partial charge in [0, 0.05) is 41.9 Å². The van der Waals surface area contributed by atoms with E-state index < -0.39 is 0 Å². The first-order valence-electron chi connectivity index (χ1n) is 11.2. The molecule has 5 nitrogen and oxygen atoms in total. The smallest absolute Gasteiger partial charge is 0.166 e. The van der Waals surface area contributed by atoms with Crippen LogP contribution in [0.5, 0.6) is 0 Å². The SMILES string of the molecule is Cc1cc(C)c2[nH]cc(-c3nc(NC4CC5CCC4CC5)c4ccn(C)c4n3)c2c1. The normalized spacial score (nSPS) is 23.5. The predicted molar refractivity (Wildman–Crippen MR) is 123 cm³/mol. The number of hydrogen-bond acceptors (Lipinski definition) is 3. The van der Waals surface area contributed by atoms with Gasteiger partial charge in [-0.25, -0.2) is 9.97 Å². The zero-order valence-electron chi connectivity index (χ0n) is 18.0. The molecule has 1 atom stereocenters. The van der Waals surface area contributed by atoms with Gasteiger partial charge in [0.2, 0.25) is 0 Å². The Morgan fingerprint density at radius 2 is 1.90 bits per heavy atom. The summed E-state index contributed by atoms with van der Waals surface area (Å²) in [7, 11) is 2.06. The molecule has 2 N–H and O–H groups in total. The fourth-order valence-electron chi connectivity index (χ4n) is 5.88. The molecule has 30 heavy (non-hydrogen) atoms. The maximum absolute atomic E-state index is 5.09. The fraction of sp³-hybridized carbons (Fsp3) is 0.440. The zero-order valence-corrected chi connectivity index (χ0v) is 18.0. The van der Waals surface area contributed by atoms with Crippen molar-refractivity contribution in [1.29, 1.82) is 0 Å². The largest absolute Gasteiger partial charge is 0.366 e. The molecule has 3 aliphatic rings. The molecule has 7 rings (SSSR count). The second-order valence-corrected chi connectivity index (χ2v) is 9.53. The highest BCUT2D eigenvalue weighted by Crippen LogP contribution is 2.43. The van der Waals surface area contributed by atoms with Crippen molar-refractivity contribution in [3.63, 3.8) is 0 Å². The van der Waals surface area contributed by atoms with Crippen molar-refractivity contribution in [3.05, 3.63) is 41.7 Å². The Balaban J connectivity index is 1.49. The molecule has 0 amide bonds. The maximum Gasteiger partial charge on any atom is 0.166 e. The molecular formula is C25H29N5. The molecule has 3 aromatic heterocycles. The predicted octanol–water partition coefficient (Wildman–Crippen LogP) is 5.72. The highest BCUT2D eigenvalue weighted by Gasteiger charge is 2.36. The lowest BCUT2D eigenvalue weighted by Gasteiger charge is -2.42. The topological polar surface area (TPSA) is 58.5 Å². The van der Waals surface area contributed by atoms with Crippen LogP contribution >= 0.6 is 0 Å². The van der Waals surface area contributed by atoms with Gasteiger partial charge in [-0.05, 0) is 62.6 Å². The van der Waals surface area contributed by atoms with Crippen LogP contribution in [0.2, 0.25) is 0 Å². The summed E-state index contributed by atoms with van der Waals surface area (Å²) in [5.74, 6) is 3.46. The Hall–Kier alpha value is -2.82. The lowest BCUT2D eigenvalue weighted by molar-refractivity contribution is 0.157. The number of H-pyrrole nitrogens is 1. The number of rotatable bonds is 3. The Morgan fingerprint density at radius 3 is 2.67 bits per heavy atom. The van der Waals surface area contributed by atoms with E-state index >= 15 is 0 Å². The van der Waals surface area contributed by atoms with E-state index in [1.807, 2.05) is 0 Å². The number of anilines is 1. The van der Waals surface area contributed by atoms with Crippen LogP contribution in [0.4, 0.5) is 5.82 Å². The average Bonchev–Trinajstić information content (AvgIpc) is 3.33. The van der Waals surface area contributed by atoms with E-state index in [1.165, 1.54) is 54.1 Å². The number of aromatic nitrogens is 4. The van der Waals surface area contributed by atoms with E-state index in [0.717, 1.165) is 40.1 Å². The van der Waals surface area contributed by atoms with E-state index in [0.29, 0.717) is 6.04 Å². The highest BCUT2D eigenvalue weighted by atomic mass is 15.1. The summed E-state index contributed by atoms with van der Waals surface area (Å²) in [6.07, 6.45) is 11.0. The first kappa shape index (κ1) is 18.0. The summed E-state index contributed by atoms with van der Waals surface area (Å²) in [6.45, 7) is 4.30. The van der Waals surface area contributed by atoms with Crippen LogP contribution in [-0.2, 0) is 7.05 Å². The summed E-state index contributed by atoms with van der Waals surface area (Å²) in [5.41, 5.74) is 5.76.